The van der Waals surface area contributed by atoms with Crippen molar-refractivity contribution in [2.75, 3.05) is 32.1 Å². The minimum absolute atomic E-state index is 0.0790. The van der Waals surface area contributed by atoms with Crippen molar-refractivity contribution in [1.82, 2.24) is 0 Å². The van der Waals surface area contributed by atoms with Crippen molar-refractivity contribution in [2.45, 2.75) is 13.8 Å². The predicted molar refractivity (Wildman–Crippen MR) is 189 cm³/mol. The molecule has 0 aromatic heterocycles. The topological polar surface area (TPSA) is 97.9 Å². The van der Waals surface area contributed by atoms with E-state index < -0.39 is 0 Å². The third kappa shape index (κ3) is 4.15. The van der Waals surface area contributed by atoms with Crippen LogP contribution in [0.4, 0.5) is 5.69 Å². The Morgan fingerprint density at radius 1 is 0.771 bits per heavy atom. The van der Waals surface area contributed by atoms with Crippen LogP contribution in [-0.2, 0) is 0 Å². The predicted octanol–water partition coefficient (Wildman–Crippen LogP) is 6.96. The van der Waals surface area contributed by atoms with Gasteiger partial charge in [0, 0.05) is 46.8 Å². The first-order valence-corrected chi connectivity index (χ1v) is 15.9. The van der Waals surface area contributed by atoms with Crippen LogP contribution in [0.2, 0.25) is 0 Å². The Labute approximate surface area is 279 Å². The number of phenols is 2. The Morgan fingerprint density at radius 3 is 1.71 bits per heavy atom. The van der Waals surface area contributed by atoms with E-state index in [4.69, 9.17) is 6.57 Å². The SMILES string of the molecule is [C-]#[N+]/C(C#N)=C1\C(=C2c3ccccc3C(=[N+](CC)CC)c3ccccc32)C([O-])=C1c1c2c(O)cccc2c(N(C)C)c2cccc(O)c12. The number of hydrogen-bond donors (Lipinski definition) is 2. The van der Waals surface area contributed by atoms with Crippen LogP contribution in [0.1, 0.15) is 41.7 Å². The first-order valence-electron chi connectivity index (χ1n) is 15.9. The number of allylic oxidation sites excluding steroid dienone is 3. The van der Waals surface area contributed by atoms with Crippen molar-refractivity contribution in [3.8, 4) is 17.6 Å². The Kier molecular flexibility index (Phi) is 7.27. The molecule has 0 heterocycles. The summed E-state index contributed by atoms with van der Waals surface area (Å²) in [7, 11) is 3.76. The molecule has 2 aliphatic carbocycles. The highest BCUT2D eigenvalue weighted by Gasteiger charge is 2.39. The van der Waals surface area contributed by atoms with E-state index in [1.165, 1.54) is 0 Å². The summed E-state index contributed by atoms with van der Waals surface area (Å²) in [6.07, 6.45) is 0. The van der Waals surface area contributed by atoms with Gasteiger partial charge in [-0.15, -0.1) is 0 Å². The standard InChI is InChI=1S/C41H32N4O3/c1-6-45(7-2)40-25-16-10-8-14-23(25)32(24-15-9-11-17-26(24)40)37-35(29(22-42)43-3)38(41(37)48)36-33-27(18-12-20-30(33)46)39(44(4)5)28-19-13-21-31(47)34(28)36/h8-21H,6-7H2,1-2,4-5H3,(H2-,46,47,48)/b35-29+. The van der Waals surface area contributed by atoms with Crippen molar-refractivity contribution >= 4 is 44.1 Å². The largest absolute Gasteiger partial charge is 0.872 e. The molecular formula is C41H32N4O3. The summed E-state index contributed by atoms with van der Waals surface area (Å²) in [6, 6.07) is 28.2. The van der Waals surface area contributed by atoms with Gasteiger partial charge in [0.1, 0.15) is 24.6 Å². The first-order chi connectivity index (χ1) is 23.3. The minimum atomic E-state index is -0.362. The molecule has 0 radical (unpaired) electrons. The summed E-state index contributed by atoms with van der Waals surface area (Å²) in [5.74, 6) is -0.520. The van der Waals surface area contributed by atoms with E-state index in [2.05, 4.69) is 29.3 Å². The van der Waals surface area contributed by atoms with Crippen molar-refractivity contribution in [1.29, 1.82) is 5.26 Å². The Morgan fingerprint density at radius 2 is 1.27 bits per heavy atom. The smallest absolute Gasteiger partial charge is 0.270 e. The van der Waals surface area contributed by atoms with Crippen LogP contribution in [-0.4, -0.2) is 47.7 Å². The Hall–Kier alpha value is -6.31. The molecular weight excluding hydrogens is 596 g/mol. The summed E-state index contributed by atoms with van der Waals surface area (Å²) in [5, 5.41) is 50.2. The number of aromatic hydroxyl groups is 2. The second-order valence-electron chi connectivity index (χ2n) is 12.0. The monoisotopic (exact) mass is 628 g/mol. The maximum Gasteiger partial charge on any atom is 0.270 e. The second kappa shape index (κ2) is 11.5. The number of phenolic OH excluding ortho intramolecular Hbond substituents is 2. The van der Waals surface area contributed by atoms with Gasteiger partial charge in [0.05, 0.1) is 29.5 Å². The molecule has 0 aliphatic heterocycles. The van der Waals surface area contributed by atoms with Crippen molar-refractivity contribution < 1.29 is 19.9 Å². The van der Waals surface area contributed by atoms with Crippen LogP contribution in [0.25, 0.3) is 37.5 Å². The molecule has 5 aromatic carbocycles. The molecule has 0 bridgehead atoms. The maximum absolute atomic E-state index is 15.0. The highest BCUT2D eigenvalue weighted by Crippen LogP contribution is 2.57. The Balaban J connectivity index is 1.70. The highest BCUT2D eigenvalue weighted by atomic mass is 16.3. The van der Waals surface area contributed by atoms with Crippen LogP contribution in [0.3, 0.4) is 0 Å². The zero-order valence-electron chi connectivity index (χ0n) is 27.1. The fraction of sp³-hybridized carbons (Fsp3) is 0.146. The molecule has 0 amide bonds. The van der Waals surface area contributed by atoms with Crippen LogP contribution >= 0.6 is 0 Å². The van der Waals surface area contributed by atoms with Gasteiger partial charge in [-0.05, 0) is 66.0 Å². The van der Waals surface area contributed by atoms with Crippen LogP contribution in [0.5, 0.6) is 11.5 Å². The van der Waals surface area contributed by atoms with Crippen molar-refractivity contribution in [3.05, 3.63) is 147 Å². The number of nitriles is 1. The summed E-state index contributed by atoms with van der Waals surface area (Å²) < 4.78 is 2.30. The molecule has 0 fully saturated rings. The van der Waals surface area contributed by atoms with Gasteiger partial charge >= 0.3 is 0 Å². The molecule has 2 N–H and O–H groups in total. The van der Waals surface area contributed by atoms with Gasteiger partial charge in [-0.1, -0.05) is 66.4 Å². The average Bonchev–Trinajstić information content (AvgIpc) is 3.09. The zero-order valence-corrected chi connectivity index (χ0v) is 27.1. The van der Waals surface area contributed by atoms with Gasteiger partial charge in [0.25, 0.3) is 5.70 Å². The first kappa shape index (κ1) is 30.3. The molecule has 0 saturated carbocycles. The van der Waals surface area contributed by atoms with Gasteiger partial charge in [-0.2, -0.15) is 0 Å². The second-order valence-corrected chi connectivity index (χ2v) is 12.0. The molecule has 0 atom stereocenters. The van der Waals surface area contributed by atoms with Crippen LogP contribution in [0.15, 0.2) is 108 Å². The molecule has 7 heteroatoms. The number of anilines is 1. The normalized spacial score (nSPS) is 14.7. The molecule has 48 heavy (non-hydrogen) atoms. The molecule has 0 saturated heterocycles. The third-order valence-electron chi connectivity index (χ3n) is 9.43. The molecule has 5 aromatic rings. The Bertz CT molecular complexity index is 2310. The van der Waals surface area contributed by atoms with E-state index in [9.17, 15) is 20.6 Å². The lowest BCUT2D eigenvalue weighted by Crippen LogP contribution is -2.30. The van der Waals surface area contributed by atoms with E-state index in [1.807, 2.05) is 79.7 Å². The molecule has 0 unspecified atom stereocenters. The van der Waals surface area contributed by atoms with E-state index in [-0.39, 0.29) is 39.7 Å². The average molecular weight is 629 g/mol. The number of rotatable bonds is 4. The number of hydrogen-bond acceptors (Lipinski definition) is 5. The minimum Gasteiger partial charge on any atom is -0.872 e. The molecule has 7 rings (SSSR count). The third-order valence-corrected chi connectivity index (χ3v) is 9.43. The molecule has 7 nitrogen and oxygen atoms in total. The summed E-state index contributed by atoms with van der Waals surface area (Å²) in [4.78, 5) is 5.54. The lowest BCUT2D eigenvalue weighted by Gasteiger charge is -2.40. The van der Waals surface area contributed by atoms with Gasteiger partial charge in [0.15, 0.2) is 0 Å². The molecule has 234 valence electrons. The van der Waals surface area contributed by atoms with Gasteiger partial charge < -0.3 is 20.2 Å². The van der Waals surface area contributed by atoms with E-state index in [0.717, 1.165) is 46.7 Å². The van der Waals surface area contributed by atoms with Crippen molar-refractivity contribution in [3.63, 3.8) is 0 Å². The van der Waals surface area contributed by atoms with Crippen LogP contribution < -0.4 is 10.0 Å². The molecule has 2 aliphatic rings. The summed E-state index contributed by atoms with van der Waals surface area (Å²) in [6.45, 7) is 13.9. The number of benzene rings is 5. The summed E-state index contributed by atoms with van der Waals surface area (Å²) in [5.41, 5.74) is 6.77. The van der Waals surface area contributed by atoms with Crippen molar-refractivity contribution in [2.24, 2.45) is 0 Å². The maximum atomic E-state index is 15.0. The van der Waals surface area contributed by atoms with E-state index in [0.29, 0.717) is 32.7 Å². The van der Waals surface area contributed by atoms with Crippen LogP contribution in [0, 0.1) is 17.9 Å². The number of nitrogens with zero attached hydrogens (tertiary/aromatic N) is 4. The fourth-order valence-electron chi connectivity index (χ4n) is 7.52. The number of fused-ring (bicyclic) bond motifs is 4. The van der Waals surface area contributed by atoms with E-state index in [1.54, 1.807) is 24.3 Å². The fourth-order valence-corrected chi connectivity index (χ4v) is 7.52. The van der Waals surface area contributed by atoms with Gasteiger partial charge in [-0.3, -0.25) is 0 Å². The zero-order chi connectivity index (χ0) is 33.9. The lowest BCUT2D eigenvalue weighted by molar-refractivity contribution is -0.519. The lowest BCUT2D eigenvalue weighted by atomic mass is 9.69. The highest BCUT2D eigenvalue weighted by molar-refractivity contribution is 6.26. The molecule has 0 spiro atoms. The van der Waals surface area contributed by atoms with E-state index >= 15 is 0 Å². The quantitative estimate of drug-likeness (QED) is 0.0953. The summed E-state index contributed by atoms with van der Waals surface area (Å²) >= 11 is 0. The van der Waals surface area contributed by atoms with Gasteiger partial charge in [0.2, 0.25) is 5.71 Å². The van der Waals surface area contributed by atoms with Gasteiger partial charge in [-0.25, -0.2) is 14.7 Å².